The van der Waals surface area contributed by atoms with Crippen LogP contribution >= 0.6 is 0 Å². The number of piperazine rings is 1. The molecule has 170 valence electrons. The van der Waals surface area contributed by atoms with Crippen molar-refractivity contribution in [3.63, 3.8) is 0 Å². The zero-order valence-electron chi connectivity index (χ0n) is 16.6. The first-order chi connectivity index (χ1) is 14.2. The maximum atomic E-state index is 13.1. The fourth-order valence-electron chi connectivity index (χ4n) is 3.56. The molecule has 0 radical (unpaired) electrons. The predicted octanol–water partition coefficient (Wildman–Crippen LogP) is 4.93. The number of halogens is 6. The molecule has 4 nitrogen and oxygen atoms in total. The van der Waals surface area contributed by atoms with Gasteiger partial charge >= 0.3 is 12.4 Å². The summed E-state index contributed by atoms with van der Waals surface area (Å²) < 4.78 is 106. The van der Waals surface area contributed by atoms with E-state index in [1.54, 1.807) is 6.92 Å². The van der Waals surface area contributed by atoms with Crippen LogP contribution < -0.4 is 4.90 Å². The normalized spacial score (nSPS) is 19.0. The highest BCUT2D eigenvalue weighted by Crippen LogP contribution is 2.38. The molecule has 1 unspecified atom stereocenters. The Kier molecular flexibility index (Phi) is 6.05. The maximum Gasteiger partial charge on any atom is 0.416 e. The molecule has 0 bridgehead atoms. The Labute approximate surface area is 176 Å². The van der Waals surface area contributed by atoms with Crippen LogP contribution in [-0.4, -0.2) is 38.4 Å². The Morgan fingerprint density at radius 2 is 1.48 bits per heavy atom. The van der Waals surface area contributed by atoms with Crippen LogP contribution in [0.2, 0.25) is 0 Å². The van der Waals surface area contributed by atoms with Crippen molar-refractivity contribution < 1.29 is 34.8 Å². The largest absolute Gasteiger partial charge is 0.416 e. The zero-order chi connectivity index (χ0) is 23.2. The first-order valence-electron chi connectivity index (χ1n) is 9.32. The molecule has 1 aliphatic heterocycles. The topological polar surface area (TPSA) is 40.6 Å². The number of sulfonamides is 1. The van der Waals surface area contributed by atoms with E-state index in [0.29, 0.717) is 0 Å². The first-order valence-corrected chi connectivity index (χ1v) is 10.8. The lowest BCUT2D eigenvalue weighted by Crippen LogP contribution is -2.53. The van der Waals surface area contributed by atoms with Gasteiger partial charge in [0.2, 0.25) is 10.0 Å². The summed E-state index contributed by atoms with van der Waals surface area (Å²) in [7, 11) is -4.57. The third-order valence-electron chi connectivity index (χ3n) is 5.12. The van der Waals surface area contributed by atoms with E-state index in [9.17, 15) is 34.8 Å². The highest BCUT2D eigenvalue weighted by Gasteiger charge is 2.40. The van der Waals surface area contributed by atoms with Crippen molar-refractivity contribution >= 4 is 15.7 Å². The lowest BCUT2D eigenvalue weighted by Gasteiger charge is -2.40. The third kappa shape index (κ3) is 4.98. The molecular weight excluding hydrogens is 446 g/mol. The van der Waals surface area contributed by atoms with Gasteiger partial charge in [-0.2, -0.15) is 30.6 Å². The van der Waals surface area contributed by atoms with E-state index in [1.165, 1.54) is 0 Å². The van der Waals surface area contributed by atoms with E-state index in [-0.39, 0.29) is 43.9 Å². The van der Waals surface area contributed by atoms with Gasteiger partial charge in [-0.25, -0.2) is 8.42 Å². The third-order valence-corrected chi connectivity index (χ3v) is 6.97. The summed E-state index contributed by atoms with van der Waals surface area (Å²) in [4.78, 5) is 0.928. The highest BCUT2D eigenvalue weighted by molar-refractivity contribution is 7.89. The van der Waals surface area contributed by atoms with E-state index in [2.05, 4.69) is 0 Å². The van der Waals surface area contributed by atoms with E-state index in [4.69, 9.17) is 0 Å². The van der Waals surface area contributed by atoms with Crippen LogP contribution in [0.1, 0.15) is 23.6 Å². The quantitative estimate of drug-likeness (QED) is 0.603. The molecule has 11 heteroatoms. The average Bonchev–Trinajstić information content (AvgIpc) is 2.66. The van der Waals surface area contributed by atoms with Gasteiger partial charge in [0.1, 0.15) is 0 Å². The molecule has 1 aliphatic rings. The SMILES string of the molecule is Cc1cccc(N2CCN(S(=O)(=O)c3cc(C(F)(F)F)cc(C(F)(F)F)c3)CC2C)c1. The van der Waals surface area contributed by atoms with Crippen molar-refractivity contribution in [2.24, 2.45) is 0 Å². The van der Waals surface area contributed by atoms with Crippen LogP contribution in [0.5, 0.6) is 0 Å². The number of hydrogen-bond donors (Lipinski definition) is 0. The van der Waals surface area contributed by atoms with Crippen molar-refractivity contribution in [2.75, 3.05) is 24.5 Å². The van der Waals surface area contributed by atoms with Crippen LogP contribution in [0.25, 0.3) is 0 Å². The predicted molar refractivity (Wildman–Crippen MR) is 103 cm³/mol. The van der Waals surface area contributed by atoms with Crippen molar-refractivity contribution in [1.82, 2.24) is 4.31 Å². The Morgan fingerprint density at radius 3 is 1.97 bits per heavy atom. The van der Waals surface area contributed by atoms with Gasteiger partial charge in [-0.3, -0.25) is 0 Å². The molecule has 0 saturated carbocycles. The van der Waals surface area contributed by atoms with E-state index >= 15 is 0 Å². The average molecular weight is 466 g/mol. The van der Waals surface area contributed by atoms with Crippen LogP contribution in [0.4, 0.5) is 32.0 Å². The monoisotopic (exact) mass is 466 g/mol. The van der Waals surface area contributed by atoms with Crippen LogP contribution in [0.3, 0.4) is 0 Å². The Morgan fingerprint density at radius 1 is 0.903 bits per heavy atom. The molecule has 0 aromatic heterocycles. The molecule has 1 saturated heterocycles. The number of benzene rings is 2. The standard InChI is InChI=1S/C20H20F6N2O2S/c1-13-4-3-5-17(8-13)28-7-6-27(12-14(28)2)31(29,30)18-10-15(19(21,22)23)9-16(11-18)20(24,25)26/h3-5,8-11,14H,6-7,12H2,1-2H3. The van der Waals surface area contributed by atoms with Gasteiger partial charge in [-0.15, -0.1) is 0 Å². The molecule has 1 fully saturated rings. The van der Waals surface area contributed by atoms with Crippen LogP contribution in [0, 0.1) is 6.92 Å². The lowest BCUT2D eigenvalue weighted by atomic mass is 10.1. The molecule has 2 aromatic rings. The molecule has 0 aliphatic carbocycles. The minimum Gasteiger partial charge on any atom is -0.366 e. The van der Waals surface area contributed by atoms with Crippen molar-refractivity contribution in [3.05, 3.63) is 59.2 Å². The number of rotatable bonds is 3. The summed E-state index contributed by atoms with van der Waals surface area (Å²) in [5.41, 5.74) is -1.45. The molecular formula is C20H20F6N2O2S. The van der Waals surface area contributed by atoms with Gasteiger partial charge in [0.25, 0.3) is 0 Å². The second-order valence-corrected chi connectivity index (χ2v) is 9.42. The number of aryl methyl sites for hydroxylation is 1. The summed E-state index contributed by atoms with van der Waals surface area (Å²) in [5.74, 6) is 0. The minimum absolute atomic E-state index is 0.0712. The summed E-state index contributed by atoms with van der Waals surface area (Å²) in [5, 5.41) is 0. The number of anilines is 1. The maximum absolute atomic E-state index is 13.1. The summed E-state index contributed by atoms with van der Waals surface area (Å²) in [6.07, 6.45) is -10.2. The van der Waals surface area contributed by atoms with Crippen molar-refractivity contribution in [2.45, 2.75) is 37.1 Å². The lowest BCUT2D eigenvalue weighted by molar-refractivity contribution is -0.143. The van der Waals surface area contributed by atoms with Crippen molar-refractivity contribution in [1.29, 1.82) is 0 Å². The summed E-state index contributed by atoms with van der Waals surface area (Å²) in [6.45, 7) is 3.75. The fourth-order valence-corrected chi connectivity index (χ4v) is 5.14. The van der Waals surface area contributed by atoms with Crippen molar-refractivity contribution in [3.8, 4) is 0 Å². The Hall–Kier alpha value is -2.27. The van der Waals surface area contributed by atoms with Gasteiger partial charge in [0.15, 0.2) is 0 Å². The van der Waals surface area contributed by atoms with Crippen LogP contribution in [-0.2, 0) is 22.4 Å². The molecule has 0 amide bonds. The summed E-state index contributed by atoms with van der Waals surface area (Å²) in [6, 6.07) is 7.61. The minimum atomic E-state index is -5.12. The van der Waals surface area contributed by atoms with E-state index in [0.717, 1.165) is 15.6 Å². The van der Waals surface area contributed by atoms with Gasteiger partial charge in [-0.1, -0.05) is 12.1 Å². The Bertz CT molecular complexity index is 1030. The van der Waals surface area contributed by atoms with Gasteiger partial charge in [0, 0.05) is 31.4 Å². The number of alkyl halides is 6. The van der Waals surface area contributed by atoms with Crippen LogP contribution in [0.15, 0.2) is 47.4 Å². The summed E-state index contributed by atoms with van der Waals surface area (Å²) >= 11 is 0. The number of nitrogens with zero attached hydrogens (tertiary/aromatic N) is 2. The second-order valence-electron chi connectivity index (χ2n) is 7.49. The first kappa shape index (κ1) is 23.4. The fraction of sp³-hybridized carbons (Fsp3) is 0.400. The zero-order valence-corrected chi connectivity index (χ0v) is 17.4. The van der Waals surface area contributed by atoms with Gasteiger partial charge in [-0.05, 0) is 49.7 Å². The van der Waals surface area contributed by atoms with E-state index in [1.807, 2.05) is 36.1 Å². The van der Waals surface area contributed by atoms with Gasteiger partial charge < -0.3 is 4.90 Å². The molecule has 1 heterocycles. The molecule has 0 spiro atoms. The second kappa shape index (κ2) is 8.01. The molecule has 0 N–H and O–H groups in total. The highest BCUT2D eigenvalue weighted by atomic mass is 32.2. The molecule has 31 heavy (non-hydrogen) atoms. The smallest absolute Gasteiger partial charge is 0.366 e. The molecule has 3 rings (SSSR count). The molecule has 1 atom stereocenters. The van der Waals surface area contributed by atoms with E-state index < -0.39 is 38.4 Å². The van der Waals surface area contributed by atoms with Gasteiger partial charge in [0.05, 0.1) is 16.0 Å². The molecule has 2 aromatic carbocycles. The Balaban J connectivity index is 1.93. The number of hydrogen-bond acceptors (Lipinski definition) is 3.